The summed E-state index contributed by atoms with van der Waals surface area (Å²) in [4.78, 5) is 18.2. The van der Waals surface area contributed by atoms with Crippen LogP contribution in [0, 0.1) is 0 Å². The van der Waals surface area contributed by atoms with Gasteiger partial charge >= 0.3 is 0 Å². The average molecular weight is 383 g/mol. The van der Waals surface area contributed by atoms with E-state index in [2.05, 4.69) is 10.3 Å². The minimum Gasteiger partial charge on any atom is -0.376 e. The van der Waals surface area contributed by atoms with E-state index in [-0.39, 0.29) is 10.0 Å². The van der Waals surface area contributed by atoms with Crippen molar-refractivity contribution in [2.45, 2.75) is 4.90 Å². The third-order valence-corrected chi connectivity index (χ3v) is 5.50. The molecule has 1 heterocycles. The summed E-state index contributed by atoms with van der Waals surface area (Å²) in [5, 5.41) is 3.01. The highest BCUT2D eigenvalue weighted by atomic mass is 35.5. The van der Waals surface area contributed by atoms with Crippen LogP contribution in [0.2, 0.25) is 5.15 Å². The molecule has 134 valence electrons. The summed E-state index contributed by atoms with van der Waals surface area (Å²) in [6, 6.07) is 7.64. The number of aromatic nitrogens is 1. The molecule has 0 saturated carbocycles. The van der Waals surface area contributed by atoms with E-state index in [4.69, 9.17) is 11.6 Å². The number of anilines is 2. The Morgan fingerprint density at radius 2 is 1.80 bits per heavy atom. The van der Waals surface area contributed by atoms with E-state index in [0.29, 0.717) is 16.9 Å². The molecule has 1 amide bonds. The topological polar surface area (TPSA) is 82.6 Å². The van der Waals surface area contributed by atoms with Crippen LogP contribution in [0.4, 0.5) is 11.4 Å². The molecule has 0 saturated heterocycles. The highest BCUT2D eigenvalue weighted by molar-refractivity contribution is 7.89. The lowest BCUT2D eigenvalue weighted by Gasteiger charge is -2.20. The first-order valence-corrected chi connectivity index (χ1v) is 9.11. The van der Waals surface area contributed by atoms with Gasteiger partial charge in [0.15, 0.2) is 0 Å². The Balaban J connectivity index is 2.43. The van der Waals surface area contributed by atoms with Crippen LogP contribution in [0.1, 0.15) is 10.4 Å². The van der Waals surface area contributed by atoms with Crippen molar-refractivity contribution in [2.75, 3.05) is 38.4 Å². The lowest BCUT2D eigenvalue weighted by atomic mass is 10.2. The molecule has 0 fully saturated rings. The van der Waals surface area contributed by atoms with Crippen molar-refractivity contribution in [3.8, 4) is 0 Å². The van der Waals surface area contributed by atoms with Gasteiger partial charge in [-0.3, -0.25) is 4.79 Å². The van der Waals surface area contributed by atoms with E-state index < -0.39 is 15.9 Å². The van der Waals surface area contributed by atoms with Gasteiger partial charge in [0.2, 0.25) is 10.0 Å². The molecule has 0 unspecified atom stereocenters. The fraction of sp³-hybridized carbons (Fsp3) is 0.250. The van der Waals surface area contributed by atoms with E-state index in [9.17, 15) is 13.2 Å². The van der Waals surface area contributed by atoms with Crippen LogP contribution < -0.4 is 10.2 Å². The standard InChI is InChI=1S/C16H19ClN4O3S/c1-20(2)14-7-6-12(25(23,24)21(3)4)9-13(14)19-16(22)11-5-8-15(17)18-10-11/h5-10H,1-4H3,(H,19,22). The van der Waals surface area contributed by atoms with E-state index in [1.807, 2.05) is 0 Å². The molecule has 0 spiro atoms. The van der Waals surface area contributed by atoms with Gasteiger partial charge in [-0.2, -0.15) is 0 Å². The highest BCUT2D eigenvalue weighted by Crippen LogP contribution is 2.29. The molecule has 0 atom stereocenters. The molecule has 0 aliphatic rings. The van der Waals surface area contributed by atoms with Gasteiger partial charge in [-0.1, -0.05) is 11.6 Å². The van der Waals surface area contributed by atoms with Gasteiger partial charge in [-0.05, 0) is 30.3 Å². The zero-order valence-electron chi connectivity index (χ0n) is 14.3. The number of sulfonamides is 1. The first-order valence-electron chi connectivity index (χ1n) is 7.29. The highest BCUT2D eigenvalue weighted by Gasteiger charge is 2.20. The summed E-state index contributed by atoms with van der Waals surface area (Å²) in [6.45, 7) is 0. The zero-order valence-corrected chi connectivity index (χ0v) is 15.9. The van der Waals surface area contributed by atoms with E-state index in [1.165, 1.54) is 38.5 Å². The lowest BCUT2D eigenvalue weighted by molar-refractivity contribution is 0.102. The van der Waals surface area contributed by atoms with Crippen molar-refractivity contribution < 1.29 is 13.2 Å². The Labute approximate surface area is 152 Å². The van der Waals surface area contributed by atoms with Crippen LogP contribution in [0.3, 0.4) is 0 Å². The maximum absolute atomic E-state index is 12.4. The molecule has 0 radical (unpaired) electrons. The quantitative estimate of drug-likeness (QED) is 0.802. The number of pyridine rings is 1. The van der Waals surface area contributed by atoms with Gasteiger partial charge in [-0.25, -0.2) is 17.7 Å². The normalized spacial score (nSPS) is 11.4. The van der Waals surface area contributed by atoms with Gasteiger partial charge in [0, 0.05) is 34.4 Å². The van der Waals surface area contributed by atoms with Crippen LogP contribution in [0.25, 0.3) is 0 Å². The van der Waals surface area contributed by atoms with Crippen molar-refractivity contribution in [1.29, 1.82) is 0 Å². The summed E-state index contributed by atoms with van der Waals surface area (Å²) in [6.07, 6.45) is 1.35. The van der Waals surface area contributed by atoms with Crippen molar-refractivity contribution in [1.82, 2.24) is 9.29 Å². The maximum Gasteiger partial charge on any atom is 0.257 e. The van der Waals surface area contributed by atoms with Crippen molar-refractivity contribution in [3.63, 3.8) is 0 Å². The molecule has 1 aromatic carbocycles. The summed E-state index contributed by atoms with van der Waals surface area (Å²) in [7, 11) is 2.89. The van der Waals surface area contributed by atoms with Gasteiger partial charge in [0.05, 0.1) is 21.8 Å². The largest absolute Gasteiger partial charge is 0.376 e. The first kappa shape index (κ1) is 19.2. The SMILES string of the molecule is CN(C)c1ccc(S(=O)(=O)N(C)C)cc1NC(=O)c1ccc(Cl)nc1. The number of nitrogens with one attached hydrogen (secondary N) is 1. The van der Waals surface area contributed by atoms with Crippen LogP contribution in [0.5, 0.6) is 0 Å². The third kappa shape index (κ3) is 4.28. The molecule has 0 aliphatic heterocycles. The lowest BCUT2D eigenvalue weighted by Crippen LogP contribution is -2.23. The Kier molecular flexibility index (Phi) is 5.66. The minimum absolute atomic E-state index is 0.0904. The molecule has 0 aliphatic carbocycles. The molecule has 2 rings (SSSR count). The fourth-order valence-corrected chi connectivity index (χ4v) is 3.12. The fourth-order valence-electron chi connectivity index (χ4n) is 2.08. The molecule has 2 aromatic rings. The molecule has 1 aromatic heterocycles. The zero-order chi connectivity index (χ0) is 18.8. The molecule has 1 N–H and O–H groups in total. The smallest absolute Gasteiger partial charge is 0.257 e. The number of hydrogen-bond acceptors (Lipinski definition) is 5. The Morgan fingerprint density at radius 3 is 2.32 bits per heavy atom. The van der Waals surface area contributed by atoms with Gasteiger partial charge in [0.1, 0.15) is 5.15 Å². The predicted molar refractivity (Wildman–Crippen MR) is 98.8 cm³/mol. The van der Waals surface area contributed by atoms with E-state index in [0.717, 1.165) is 4.31 Å². The minimum atomic E-state index is -3.61. The van der Waals surface area contributed by atoms with Crippen molar-refractivity contribution >= 4 is 38.9 Å². The number of carbonyl (C=O) groups is 1. The summed E-state index contributed by atoms with van der Waals surface area (Å²) in [5.41, 5.74) is 1.37. The van der Waals surface area contributed by atoms with E-state index in [1.54, 1.807) is 31.1 Å². The molecular weight excluding hydrogens is 364 g/mol. The van der Waals surface area contributed by atoms with Crippen LogP contribution in [-0.4, -0.2) is 51.8 Å². The number of rotatable bonds is 5. The average Bonchev–Trinajstić information content (AvgIpc) is 2.54. The van der Waals surface area contributed by atoms with Crippen LogP contribution >= 0.6 is 11.6 Å². The molecule has 7 nitrogen and oxygen atoms in total. The summed E-state index contributed by atoms with van der Waals surface area (Å²) >= 11 is 5.72. The van der Waals surface area contributed by atoms with Gasteiger partial charge < -0.3 is 10.2 Å². The first-order chi connectivity index (χ1) is 11.6. The summed E-state index contributed by atoms with van der Waals surface area (Å²) < 4.78 is 25.8. The second-order valence-corrected chi connectivity index (χ2v) is 8.22. The van der Waals surface area contributed by atoms with Crippen LogP contribution in [-0.2, 0) is 10.0 Å². The van der Waals surface area contributed by atoms with Crippen molar-refractivity contribution in [3.05, 3.63) is 47.2 Å². The van der Waals surface area contributed by atoms with Gasteiger partial charge in [-0.15, -0.1) is 0 Å². The third-order valence-electron chi connectivity index (χ3n) is 3.47. The molecule has 0 bridgehead atoms. The Morgan fingerprint density at radius 1 is 1.12 bits per heavy atom. The van der Waals surface area contributed by atoms with Crippen molar-refractivity contribution in [2.24, 2.45) is 0 Å². The van der Waals surface area contributed by atoms with Crippen LogP contribution in [0.15, 0.2) is 41.4 Å². The van der Waals surface area contributed by atoms with E-state index >= 15 is 0 Å². The molecule has 9 heteroatoms. The number of carbonyl (C=O) groups excluding carboxylic acids is 1. The number of amides is 1. The number of hydrogen-bond donors (Lipinski definition) is 1. The predicted octanol–water partition coefficient (Wildman–Crippen LogP) is 2.30. The monoisotopic (exact) mass is 382 g/mol. The number of benzene rings is 1. The molecular formula is C16H19ClN4O3S. The van der Waals surface area contributed by atoms with Gasteiger partial charge in [0.25, 0.3) is 5.91 Å². The second-order valence-electron chi connectivity index (χ2n) is 5.68. The number of halogens is 1. The maximum atomic E-state index is 12.4. The Bertz CT molecular complexity index is 881. The Hall–Kier alpha value is -2.16. The molecule has 25 heavy (non-hydrogen) atoms. The summed E-state index contributed by atoms with van der Waals surface area (Å²) in [5.74, 6) is -0.410. The number of nitrogens with zero attached hydrogens (tertiary/aromatic N) is 3. The second kappa shape index (κ2) is 7.38.